The first-order valence-electron chi connectivity index (χ1n) is 7.84. The van der Waals surface area contributed by atoms with Crippen molar-refractivity contribution >= 4 is 48.5 Å². The number of halogens is 2. The summed E-state index contributed by atoms with van der Waals surface area (Å²) in [7, 11) is 4.08. The van der Waals surface area contributed by atoms with Crippen LogP contribution >= 0.6 is 31.9 Å². The molecule has 1 aliphatic rings. The fourth-order valence-electron chi connectivity index (χ4n) is 3.04. The molecule has 0 bridgehead atoms. The minimum absolute atomic E-state index is 0.255. The van der Waals surface area contributed by atoms with Gasteiger partial charge in [0.05, 0.1) is 5.52 Å². The van der Waals surface area contributed by atoms with Crippen LogP contribution in [0.3, 0.4) is 0 Å². The van der Waals surface area contributed by atoms with Crippen molar-refractivity contribution in [3.8, 4) is 22.6 Å². The standard InChI is InChI=1S/C19H16Br2N2O2/c1-23(2)12-5-3-11(4-6-12)18-13-7-16-17(25-10-24-16)8-15(13)22-19(21)14(18)9-20/h3-8H,9-10H2,1-2H3. The minimum Gasteiger partial charge on any atom is -0.454 e. The van der Waals surface area contributed by atoms with Crippen molar-refractivity contribution < 1.29 is 9.47 Å². The van der Waals surface area contributed by atoms with E-state index >= 15 is 0 Å². The van der Waals surface area contributed by atoms with E-state index in [1.807, 2.05) is 26.2 Å². The van der Waals surface area contributed by atoms with Crippen LogP contribution in [0.1, 0.15) is 5.56 Å². The number of fused-ring (bicyclic) bond motifs is 2. The van der Waals surface area contributed by atoms with Gasteiger partial charge in [0, 0.05) is 42.1 Å². The Morgan fingerprint density at radius 3 is 2.40 bits per heavy atom. The average Bonchev–Trinajstić information content (AvgIpc) is 3.06. The molecular weight excluding hydrogens is 448 g/mol. The number of ether oxygens (including phenoxy) is 2. The van der Waals surface area contributed by atoms with Gasteiger partial charge in [-0.2, -0.15) is 0 Å². The van der Waals surface area contributed by atoms with Crippen LogP contribution in [0.4, 0.5) is 5.69 Å². The van der Waals surface area contributed by atoms with Crippen molar-refractivity contribution in [3.63, 3.8) is 0 Å². The quantitative estimate of drug-likeness (QED) is 0.387. The number of alkyl halides is 1. The van der Waals surface area contributed by atoms with E-state index in [4.69, 9.17) is 14.5 Å². The van der Waals surface area contributed by atoms with Gasteiger partial charge in [0.25, 0.3) is 0 Å². The zero-order valence-corrected chi connectivity index (χ0v) is 17.0. The molecule has 0 saturated carbocycles. The van der Waals surface area contributed by atoms with E-state index in [1.54, 1.807) is 0 Å². The van der Waals surface area contributed by atoms with Crippen molar-refractivity contribution in [2.75, 3.05) is 25.8 Å². The highest BCUT2D eigenvalue weighted by Gasteiger charge is 2.20. The first-order chi connectivity index (χ1) is 12.1. The van der Waals surface area contributed by atoms with Crippen molar-refractivity contribution in [1.82, 2.24) is 4.98 Å². The molecule has 4 rings (SSSR count). The van der Waals surface area contributed by atoms with Gasteiger partial charge < -0.3 is 14.4 Å². The third-order valence-corrected chi connectivity index (χ3v) is 5.55. The zero-order chi connectivity index (χ0) is 17.6. The second kappa shape index (κ2) is 6.50. The molecule has 0 aliphatic carbocycles. The summed E-state index contributed by atoms with van der Waals surface area (Å²) in [6.45, 7) is 0.255. The lowest BCUT2D eigenvalue weighted by atomic mass is 9.96. The summed E-state index contributed by atoms with van der Waals surface area (Å²) in [6.07, 6.45) is 0. The van der Waals surface area contributed by atoms with Gasteiger partial charge in [-0.1, -0.05) is 28.1 Å². The van der Waals surface area contributed by atoms with Gasteiger partial charge in [-0.05, 0) is 45.3 Å². The Balaban J connectivity index is 1.99. The molecule has 3 aromatic rings. The van der Waals surface area contributed by atoms with E-state index in [-0.39, 0.29) is 6.79 Å². The maximum absolute atomic E-state index is 5.57. The predicted octanol–water partition coefficient (Wildman–Crippen LogP) is 5.35. The summed E-state index contributed by atoms with van der Waals surface area (Å²) in [4.78, 5) is 6.79. The van der Waals surface area contributed by atoms with Crippen molar-refractivity contribution in [2.45, 2.75) is 5.33 Å². The molecule has 0 spiro atoms. The maximum atomic E-state index is 5.57. The minimum atomic E-state index is 0.255. The predicted molar refractivity (Wildman–Crippen MR) is 108 cm³/mol. The third-order valence-electron chi connectivity index (χ3n) is 4.34. The van der Waals surface area contributed by atoms with Gasteiger partial charge in [-0.3, -0.25) is 0 Å². The number of nitrogens with zero attached hydrogens (tertiary/aromatic N) is 2. The van der Waals surface area contributed by atoms with Crippen LogP contribution in [-0.4, -0.2) is 25.9 Å². The summed E-state index contributed by atoms with van der Waals surface area (Å²) in [5, 5.41) is 1.76. The van der Waals surface area contributed by atoms with Crippen LogP contribution in [0.25, 0.3) is 22.0 Å². The molecule has 0 unspecified atom stereocenters. The number of pyridine rings is 1. The number of aromatic nitrogens is 1. The van der Waals surface area contributed by atoms with E-state index in [0.717, 1.165) is 43.7 Å². The van der Waals surface area contributed by atoms with E-state index in [1.165, 1.54) is 5.69 Å². The van der Waals surface area contributed by atoms with Crippen molar-refractivity contribution in [3.05, 3.63) is 46.6 Å². The number of hydrogen-bond acceptors (Lipinski definition) is 4. The maximum Gasteiger partial charge on any atom is 0.231 e. The van der Waals surface area contributed by atoms with E-state index in [9.17, 15) is 0 Å². The highest BCUT2D eigenvalue weighted by atomic mass is 79.9. The summed E-state index contributed by atoms with van der Waals surface area (Å²) in [5.74, 6) is 1.51. The fourth-order valence-corrected chi connectivity index (χ4v) is 4.49. The molecule has 0 saturated heterocycles. The van der Waals surface area contributed by atoms with Gasteiger partial charge in [0.1, 0.15) is 4.60 Å². The molecule has 25 heavy (non-hydrogen) atoms. The first-order valence-corrected chi connectivity index (χ1v) is 9.75. The van der Waals surface area contributed by atoms with Crippen LogP contribution in [-0.2, 0) is 5.33 Å². The molecular formula is C19H16Br2N2O2. The molecule has 0 fully saturated rings. The molecule has 0 radical (unpaired) electrons. The van der Waals surface area contributed by atoms with Crippen molar-refractivity contribution in [1.29, 1.82) is 0 Å². The highest BCUT2D eigenvalue weighted by Crippen LogP contribution is 2.42. The Morgan fingerprint density at radius 2 is 1.76 bits per heavy atom. The van der Waals surface area contributed by atoms with Gasteiger partial charge in [0.15, 0.2) is 11.5 Å². The van der Waals surface area contributed by atoms with Crippen LogP contribution in [0, 0.1) is 0 Å². The van der Waals surface area contributed by atoms with Gasteiger partial charge in [-0.15, -0.1) is 0 Å². The molecule has 128 valence electrons. The number of benzene rings is 2. The largest absolute Gasteiger partial charge is 0.454 e. The van der Waals surface area contributed by atoms with Gasteiger partial charge >= 0.3 is 0 Å². The lowest BCUT2D eigenvalue weighted by Gasteiger charge is -2.16. The third kappa shape index (κ3) is 2.87. The Hall–Kier alpha value is -1.79. The molecule has 1 aliphatic heterocycles. The van der Waals surface area contributed by atoms with E-state index in [0.29, 0.717) is 5.33 Å². The zero-order valence-electron chi connectivity index (χ0n) is 13.8. The Morgan fingerprint density at radius 1 is 1.08 bits per heavy atom. The fraction of sp³-hybridized carbons (Fsp3) is 0.211. The van der Waals surface area contributed by atoms with Crippen LogP contribution < -0.4 is 14.4 Å². The molecule has 2 aromatic carbocycles. The van der Waals surface area contributed by atoms with Crippen LogP contribution in [0.2, 0.25) is 0 Å². The topological polar surface area (TPSA) is 34.6 Å². The molecule has 2 heterocycles. The molecule has 0 N–H and O–H groups in total. The van der Waals surface area contributed by atoms with Gasteiger partial charge in [0.2, 0.25) is 6.79 Å². The summed E-state index contributed by atoms with van der Waals surface area (Å²) in [6, 6.07) is 12.5. The molecule has 4 nitrogen and oxygen atoms in total. The highest BCUT2D eigenvalue weighted by molar-refractivity contribution is 9.10. The second-order valence-electron chi connectivity index (χ2n) is 6.05. The normalized spacial score (nSPS) is 12.6. The summed E-state index contributed by atoms with van der Waals surface area (Å²) in [5.41, 5.74) is 5.46. The lowest BCUT2D eigenvalue weighted by molar-refractivity contribution is 0.174. The molecule has 0 atom stereocenters. The van der Waals surface area contributed by atoms with Gasteiger partial charge in [-0.25, -0.2) is 4.98 Å². The molecule has 6 heteroatoms. The number of anilines is 1. The van der Waals surface area contributed by atoms with Crippen molar-refractivity contribution in [2.24, 2.45) is 0 Å². The number of hydrogen-bond donors (Lipinski definition) is 0. The average molecular weight is 464 g/mol. The Kier molecular flexibility index (Phi) is 4.33. The van der Waals surface area contributed by atoms with Crippen LogP contribution in [0.5, 0.6) is 11.5 Å². The van der Waals surface area contributed by atoms with E-state index < -0.39 is 0 Å². The Labute approximate surface area is 163 Å². The number of rotatable bonds is 3. The first kappa shape index (κ1) is 16.7. The summed E-state index contributed by atoms with van der Waals surface area (Å²) < 4.78 is 11.9. The Bertz CT molecular complexity index is 956. The lowest BCUT2D eigenvalue weighted by Crippen LogP contribution is -2.08. The summed E-state index contributed by atoms with van der Waals surface area (Å²) >= 11 is 7.23. The van der Waals surface area contributed by atoms with E-state index in [2.05, 4.69) is 61.0 Å². The molecule has 0 amide bonds. The second-order valence-corrected chi connectivity index (χ2v) is 7.37. The van der Waals surface area contributed by atoms with Crippen LogP contribution in [0.15, 0.2) is 41.0 Å². The smallest absolute Gasteiger partial charge is 0.231 e. The monoisotopic (exact) mass is 462 g/mol. The SMILES string of the molecule is CN(C)c1ccc(-c2c(CBr)c(Br)nc3cc4c(cc23)OCO4)cc1. The molecule has 1 aromatic heterocycles.